The van der Waals surface area contributed by atoms with Gasteiger partial charge in [0.15, 0.2) is 0 Å². The van der Waals surface area contributed by atoms with Crippen molar-refractivity contribution in [2.24, 2.45) is 0 Å². The number of nitrogens with zero attached hydrogens (tertiary/aromatic N) is 2. The van der Waals surface area contributed by atoms with Gasteiger partial charge in [0.25, 0.3) is 5.91 Å². The molecule has 1 amide bonds. The largest absolute Gasteiger partial charge is 0.320 e. The van der Waals surface area contributed by atoms with Crippen molar-refractivity contribution in [1.29, 1.82) is 0 Å². The first kappa shape index (κ1) is 14.7. The number of carbonyl (C=O) groups excluding carboxylic acids is 1. The molecule has 3 aromatic rings. The molecule has 21 heavy (non-hydrogen) atoms. The Kier molecular flexibility index (Phi) is 4.10. The first-order valence-corrected chi connectivity index (χ1v) is 8.23. The van der Waals surface area contributed by atoms with Crippen LogP contribution >= 0.6 is 45.9 Å². The molecule has 1 aromatic heterocycles. The highest BCUT2D eigenvalue weighted by Gasteiger charge is 2.15. The Morgan fingerprint density at radius 3 is 2.90 bits per heavy atom. The third-order valence-electron chi connectivity index (χ3n) is 3.05. The number of amides is 1. The smallest absolute Gasteiger partial charge is 0.257 e. The summed E-state index contributed by atoms with van der Waals surface area (Å²) >= 11 is 9.38. The van der Waals surface area contributed by atoms with Crippen molar-refractivity contribution in [3.8, 4) is 0 Å². The maximum atomic E-state index is 12.5. The van der Waals surface area contributed by atoms with Crippen molar-refractivity contribution in [3.05, 3.63) is 50.1 Å². The topological polar surface area (TPSA) is 54.9 Å². The first-order valence-electron chi connectivity index (χ1n) is 6.04. The van der Waals surface area contributed by atoms with E-state index in [1.165, 1.54) is 0 Å². The lowest BCUT2D eigenvalue weighted by Gasteiger charge is -2.10. The molecule has 3 rings (SSSR count). The van der Waals surface area contributed by atoms with E-state index in [2.05, 4.69) is 36.7 Å². The Hall–Kier alpha value is -1.25. The molecule has 0 aliphatic carbocycles. The highest BCUT2D eigenvalue weighted by Crippen LogP contribution is 2.27. The van der Waals surface area contributed by atoms with Gasteiger partial charge in [0.1, 0.15) is 11.0 Å². The SMILES string of the molecule is Cc1ccc2nsnc2c1NC(=O)c1cc(I)ccc1Cl. The van der Waals surface area contributed by atoms with E-state index in [1.807, 2.05) is 25.1 Å². The molecule has 106 valence electrons. The van der Waals surface area contributed by atoms with Crippen molar-refractivity contribution in [2.45, 2.75) is 6.92 Å². The van der Waals surface area contributed by atoms with Gasteiger partial charge in [-0.05, 0) is 59.3 Å². The van der Waals surface area contributed by atoms with Gasteiger partial charge in [0.05, 0.1) is 28.0 Å². The fourth-order valence-electron chi connectivity index (χ4n) is 1.96. The molecule has 7 heteroatoms. The van der Waals surface area contributed by atoms with Gasteiger partial charge in [-0.1, -0.05) is 17.7 Å². The molecule has 0 unspecified atom stereocenters. The van der Waals surface area contributed by atoms with Crippen LogP contribution in [0.2, 0.25) is 5.02 Å². The predicted molar refractivity (Wildman–Crippen MR) is 94.3 cm³/mol. The van der Waals surface area contributed by atoms with Gasteiger partial charge < -0.3 is 5.32 Å². The van der Waals surface area contributed by atoms with E-state index in [0.717, 1.165) is 26.4 Å². The van der Waals surface area contributed by atoms with Gasteiger partial charge in [-0.3, -0.25) is 4.79 Å². The van der Waals surface area contributed by atoms with Crippen LogP contribution in [-0.4, -0.2) is 14.7 Å². The minimum atomic E-state index is -0.248. The van der Waals surface area contributed by atoms with Gasteiger partial charge in [0.2, 0.25) is 0 Å². The Labute approximate surface area is 144 Å². The number of aromatic nitrogens is 2. The lowest BCUT2D eigenvalue weighted by molar-refractivity contribution is 0.102. The third kappa shape index (κ3) is 2.88. The van der Waals surface area contributed by atoms with E-state index < -0.39 is 0 Å². The highest BCUT2D eigenvalue weighted by molar-refractivity contribution is 14.1. The molecule has 0 radical (unpaired) electrons. The van der Waals surface area contributed by atoms with Crippen molar-refractivity contribution < 1.29 is 4.79 Å². The fraction of sp³-hybridized carbons (Fsp3) is 0.0714. The van der Waals surface area contributed by atoms with E-state index >= 15 is 0 Å². The number of anilines is 1. The summed E-state index contributed by atoms with van der Waals surface area (Å²) in [5.74, 6) is -0.248. The van der Waals surface area contributed by atoms with Gasteiger partial charge >= 0.3 is 0 Å². The monoisotopic (exact) mass is 429 g/mol. The van der Waals surface area contributed by atoms with Crippen molar-refractivity contribution in [2.75, 3.05) is 5.32 Å². The second kappa shape index (κ2) is 5.86. The van der Waals surface area contributed by atoms with E-state index in [4.69, 9.17) is 11.6 Å². The van der Waals surface area contributed by atoms with Gasteiger partial charge in [-0.25, -0.2) is 0 Å². The molecule has 0 saturated heterocycles. The summed E-state index contributed by atoms with van der Waals surface area (Å²) in [5, 5.41) is 3.33. The van der Waals surface area contributed by atoms with Crippen LogP contribution in [0.1, 0.15) is 15.9 Å². The zero-order valence-electron chi connectivity index (χ0n) is 10.9. The Balaban J connectivity index is 2.02. The summed E-state index contributed by atoms with van der Waals surface area (Å²) in [5.41, 5.74) is 3.54. The molecule has 2 aromatic carbocycles. The van der Waals surface area contributed by atoms with Crippen LogP contribution < -0.4 is 5.32 Å². The van der Waals surface area contributed by atoms with E-state index in [0.29, 0.717) is 21.8 Å². The van der Waals surface area contributed by atoms with Gasteiger partial charge in [0, 0.05) is 3.57 Å². The summed E-state index contributed by atoms with van der Waals surface area (Å²) in [6, 6.07) is 9.14. The molecule has 1 N–H and O–H groups in total. The van der Waals surface area contributed by atoms with Crippen molar-refractivity contribution >= 4 is 68.5 Å². The zero-order chi connectivity index (χ0) is 15.0. The van der Waals surface area contributed by atoms with E-state index in [-0.39, 0.29) is 5.91 Å². The molecular formula is C14H9ClIN3OS. The Bertz CT molecular complexity index is 849. The first-order chi connectivity index (χ1) is 10.1. The van der Waals surface area contributed by atoms with Crippen LogP contribution in [0.5, 0.6) is 0 Å². The van der Waals surface area contributed by atoms with E-state index in [1.54, 1.807) is 12.1 Å². The zero-order valence-corrected chi connectivity index (χ0v) is 14.6. The van der Waals surface area contributed by atoms with Crippen LogP contribution in [-0.2, 0) is 0 Å². The molecule has 0 saturated carbocycles. The maximum absolute atomic E-state index is 12.5. The lowest BCUT2D eigenvalue weighted by atomic mass is 10.1. The number of fused-ring (bicyclic) bond motifs is 1. The minimum Gasteiger partial charge on any atom is -0.320 e. The summed E-state index contributed by atoms with van der Waals surface area (Å²) in [6.45, 7) is 1.92. The number of hydrogen-bond donors (Lipinski definition) is 1. The second-order valence-electron chi connectivity index (χ2n) is 4.47. The average molecular weight is 430 g/mol. The third-order valence-corrected chi connectivity index (χ3v) is 4.59. The number of nitrogens with one attached hydrogen (secondary N) is 1. The van der Waals surface area contributed by atoms with Crippen LogP contribution in [0.15, 0.2) is 30.3 Å². The molecule has 0 spiro atoms. The molecule has 0 atom stereocenters. The van der Waals surface area contributed by atoms with Gasteiger partial charge in [-0.15, -0.1) is 0 Å². The highest BCUT2D eigenvalue weighted by atomic mass is 127. The Morgan fingerprint density at radius 2 is 2.10 bits per heavy atom. The van der Waals surface area contributed by atoms with Crippen LogP contribution in [0.4, 0.5) is 5.69 Å². The molecule has 0 bridgehead atoms. The van der Waals surface area contributed by atoms with Gasteiger partial charge in [-0.2, -0.15) is 8.75 Å². The second-order valence-corrected chi connectivity index (χ2v) is 6.65. The van der Waals surface area contributed by atoms with Crippen molar-refractivity contribution in [1.82, 2.24) is 8.75 Å². The number of aryl methyl sites for hydroxylation is 1. The number of rotatable bonds is 2. The molecule has 4 nitrogen and oxygen atoms in total. The quantitative estimate of drug-likeness (QED) is 0.610. The molecule has 0 aliphatic heterocycles. The normalized spacial score (nSPS) is 10.8. The average Bonchev–Trinajstić information content (AvgIpc) is 2.93. The minimum absolute atomic E-state index is 0.248. The van der Waals surface area contributed by atoms with Crippen LogP contribution in [0.25, 0.3) is 11.0 Å². The summed E-state index contributed by atoms with van der Waals surface area (Å²) in [6.07, 6.45) is 0. The van der Waals surface area contributed by atoms with Crippen molar-refractivity contribution in [3.63, 3.8) is 0 Å². The maximum Gasteiger partial charge on any atom is 0.257 e. The summed E-state index contributed by atoms with van der Waals surface area (Å²) in [7, 11) is 0. The summed E-state index contributed by atoms with van der Waals surface area (Å²) < 4.78 is 9.38. The molecule has 1 heterocycles. The van der Waals surface area contributed by atoms with Crippen LogP contribution in [0, 0.1) is 10.5 Å². The Morgan fingerprint density at radius 1 is 1.29 bits per heavy atom. The number of halogens is 2. The predicted octanol–water partition coefficient (Wildman–Crippen LogP) is 4.51. The molecule has 0 aliphatic rings. The number of hydrogen-bond acceptors (Lipinski definition) is 4. The summed E-state index contributed by atoms with van der Waals surface area (Å²) in [4.78, 5) is 12.5. The lowest BCUT2D eigenvalue weighted by Crippen LogP contribution is -2.14. The van der Waals surface area contributed by atoms with E-state index in [9.17, 15) is 4.79 Å². The fourth-order valence-corrected chi connectivity index (χ4v) is 3.20. The number of carbonyl (C=O) groups is 1. The van der Waals surface area contributed by atoms with Crippen LogP contribution in [0.3, 0.4) is 0 Å². The molecular weight excluding hydrogens is 421 g/mol. The molecule has 0 fully saturated rings. The standard InChI is InChI=1S/C14H9ClIN3OS/c1-7-2-5-11-13(19-21-18-11)12(7)17-14(20)9-6-8(16)3-4-10(9)15/h2-6H,1H3,(H,17,20). The number of benzene rings is 2.